The molecule has 0 spiro atoms. The molecule has 0 aromatic rings. The monoisotopic (exact) mass is 560 g/mol. The molecule has 0 aliphatic carbocycles. The zero-order valence-corrected chi connectivity index (χ0v) is 28.2. The van der Waals surface area contributed by atoms with E-state index in [1.807, 2.05) is 6.92 Å². The van der Waals surface area contributed by atoms with Gasteiger partial charge in [-0.2, -0.15) is 0 Å². The average molecular weight is 561 g/mol. The van der Waals surface area contributed by atoms with Gasteiger partial charge in [0.05, 0.1) is 25.7 Å². The highest BCUT2D eigenvalue weighted by Gasteiger charge is 2.40. The van der Waals surface area contributed by atoms with E-state index in [0.717, 1.165) is 5.57 Å². The highest BCUT2D eigenvalue weighted by atomic mass is 28.4. The van der Waals surface area contributed by atoms with Crippen molar-refractivity contribution in [1.82, 2.24) is 0 Å². The van der Waals surface area contributed by atoms with Crippen LogP contribution in [0.15, 0.2) is 11.6 Å². The highest BCUT2D eigenvalue weighted by molar-refractivity contribution is 6.74. The van der Waals surface area contributed by atoms with Crippen LogP contribution in [0.5, 0.6) is 0 Å². The fourth-order valence-corrected chi connectivity index (χ4v) is 5.47. The normalized spacial score (nSPS) is 16.2. The Bertz CT molecular complexity index is 749. The zero-order chi connectivity index (χ0) is 29.2. The van der Waals surface area contributed by atoms with Crippen LogP contribution in [0.2, 0.25) is 36.3 Å². The lowest BCUT2D eigenvalue weighted by Crippen LogP contribution is -2.45. The second kappa shape index (κ2) is 15.0. The van der Waals surface area contributed by atoms with E-state index in [2.05, 4.69) is 85.5 Å². The van der Waals surface area contributed by atoms with Crippen LogP contribution in [0.25, 0.3) is 0 Å². The summed E-state index contributed by atoms with van der Waals surface area (Å²) < 4.78 is 28.7. The number of esters is 2. The maximum Gasteiger partial charge on any atom is 0.344 e. The lowest BCUT2D eigenvalue weighted by Gasteiger charge is -2.40. The van der Waals surface area contributed by atoms with Gasteiger partial charge in [0.15, 0.2) is 23.2 Å². The first-order valence-electron chi connectivity index (χ1n) is 13.4. The summed E-state index contributed by atoms with van der Waals surface area (Å²) in [4.78, 5) is 23.7. The van der Waals surface area contributed by atoms with Crippen LogP contribution in [-0.4, -0.2) is 68.2 Å². The smallest absolute Gasteiger partial charge is 0.344 e. The number of carbonyl (C=O) groups is 2. The van der Waals surface area contributed by atoms with Gasteiger partial charge < -0.3 is 23.1 Å². The van der Waals surface area contributed by atoms with Crippen molar-refractivity contribution in [2.75, 3.05) is 27.4 Å². The third-order valence-electron chi connectivity index (χ3n) is 8.08. The van der Waals surface area contributed by atoms with Crippen molar-refractivity contribution in [2.24, 2.45) is 5.92 Å². The van der Waals surface area contributed by atoms with Crippen LogP contribution in [0.1, 0.15) is 74.7 Å². The van der Waals surface area contributed by atoms with Crippen molar-refractivity contribution < 1.29 is 32.7 Å². The number of ether oxygens (including phenoxy) is 3. The first-order chi connectivity index (χ1) is 16.7. The van der Waals surface area contributed by atoms with Crippen LogP contribution in [0.4, 0.5) is 0 Å². The van der Waals surface area contributed by atoms with Crippen molar-refractivity contribution >= 4 is 28.6 Å². The van der Waals surface area contributed by atoms with E-state index in [0.29, 0.717) is 25.9 Å². The van der Waals surface area contributed by atoms with Gasteiger partial charge in [-0.25, -0.2) is 4.79 Å². The molecule has 0 aromatic heterocycles. The summed E-state index contributed by atoms with van der Waals surface area (Å²) in [6, 6.07) is 0. The van der Waals surface area contributed by atoms with E-state index in [1.165, 1.54) is 7.11 Å². The second-order valence-corrected chi connectivity index (χ2v) is 22.7. The van der Waals surface area contributed by atoms with E-state index in [4.69, 9.17) is 18.3 Å². The molecule has 0 radical (unpaired) electrons. The molecule has 0 aliphatic rings. The molecule has 3 atom stereocenters. The Morgan fingerprint density at radius 3 is 1.89 bits per heavy atom. The Balaban J connectivity index is 5.49. The molecule has 0 fully saturated rings. The third kappa shape index (κ3) is 12.6. The summed E-state index contributed by atoms with van der Waals surface area (Å²) in [5.74, 6) is -1.33. The van der Waals surface area contributed by atoms with E-state index < -0.39 is 28.6 Å². The number of hydrogen-bond acceptors (Lipinski definition) is 7. The van der Waals surface area contributed by atoms with Gasteiger partial charge in [-0.1, -0.05) is 54.5 Å². The van der Waals surface area contributed by atoms with Gasteiger partial charge in [-0.05, 0) is 61.6 Å². The van der Waals surface area contributed by atoms with Gasteiger partial charge in [0, 0.05) is 19.6 Å². The van der Waals surface area contributed by atoms with Crippen LogP contribution in [0.3, 0.4) is 0 Å². The quantitative estimate of drug-likeness (QED) is 0.123. The maximum absolute atomic E-state index is 12.4. The first-order valence-corrected chi connectivity index (χ1v) is 19.2. The van der Waals surface area contributed by atoms with Gasteiger partial charge in [-0.15, -0.1) is 0 Å². The van der Waals surface area contributed by atoms with Gasteiger partial charge in [0.2, 0.25) is 0 Å². The minimum Gasteiger partial charge on any atom is -0.466 e. The van der Waals surface area contributed by atoms with Crippen LogP contribution in [0, 0.1) is 5.92 Å². The topological polar surface area (TPSA) is 80.3 Å². The van der Waals surface area contributed by atoms with Crippen molar-refractivity contribution in [1.29, 1.82) is 0 Å². The number of carbonyl (C=O) groups excluding carboxylic acids is 2. The molecule has 0 saturated heterocycles. The predicted octanol–water partition coefficient (Wildman–Crippen LogP) is 6.88. The lowest BCUT2D eigenvalue weighted by molar-refractivity contribution is -0.159. The molecule has 0 amide bonds. The largest absolute Gasteiger partial charge is 0.466 e. The van der Waals surface area contributed by atoms with Crippen molar-refractivity contribution in [3.8, 4) is 0 Å². The maximum atomic E-state index is 12.4. The molecule has 218 valence electrons. The average Bonchev–Trinajstić information content (AvgIpc) is 2.76. The van der Waals surface area contributed by atoms with Crippen molar-refractivity contribution in [3.05, 3.63) is 11.6 Å². The number of methoxy groups -OCH3 is 2. The Labute approximate surface area is 229 Å². The highest BCUT2D eigenvalue weighted by Crippen LogP contribution is 2.39. The molecular formula is C28H56O7Si2. The summed E-state index contributed by atoms with van der Waals surface area (Å²) in [6.07, 6.45) is 3.91. The fraction of sp³-hybridized carbons (Fsp3) is 0.857. The zero-order valence-electron chi connectivity index (χ0n) is 26.2. The van der Waals surface area contributed by atoms with Crippen molar-refractivity contribution in [2.45, 2.75) is 123 Å². The van der Waals surface area contributed by atoms with E-state index in [9.17, 15) is 9.59 Å². The standard InChI is InChI=1S/C28H56O7Si2/c1-21(17-18-34-36(11,12)27(3,4)5)24(31-9)19-23(35-37(13,14)28(6,7)8)16-15-22(2)26(30)33-20-25(29)32-10/h17,22-24H,15-16,18-20H2,1-14H3/b21-17+/t22-,23+,24+/m1/s1. The third-order valence-corrected chi connectivity index (χ3v) is 17.1. The van der Waals surface area contributed by atoms with Crippen LogP contribution in [-0.2, 0) is 32.7 Å². The Morgan fingerprint density at radius 2 is 1.43 bits per heavy atom. The molecular weight excluding hydrogens is 504 g/mol. The van der Waals surface area contributed by atoms with Crippen LogP contribution < -0.4 is 0 Å². The summed E-state index contributed by atoms with van der Waals surface area (Å²) >= 11 is 0. The minimum atomic E-state index is -2.06. The summed E-state index contributed by atoms with van der Waals surface area (Å²) in [5, 5.41) is 0.215. The van der Waals surface area contributed by atoms with Gasteiger partial charge in [-0.3, -0.25) is 4.79 Å². The molecule has 0 rings (SSSR count). The molecule has 0 saturated carbocycles. The lowest BCUT2D eigenvalue weighted by atomic mass is 9.97. The molecule has 0 heterocycles. The fourth-order valence-electron chi connectivity index (χ4n) is 3.14. The van der Waals surface area contributed by atoms with Crippen molar-refractivity contribution in [3.63, 3.8) is 0 Å². The molecule has 9 heteroatoms. The van der Waals surface area contributed by atoms with Gasteiger partial charge in [0.25, 0.3) is 0 Å². The Kier molecular flexibility index (Phi) is 14.6. The van der Waals surface area contributed by atoms with Gasteiger partial charge >= 0.3 is 11.9 Å². The second-order valence-electron chi connectivity index (χ2n) is 13.1. The van der Waals surface area contributed by atoms with E-state index in [1.54, 1.807) is 7.11 Å². The van der Waals surface area contributed by atoms with Gasteiger partial charge in [0.1, 0.15) is 0 Å². The summed E-state index contributed by atoms with van der Waals surface area (Å²) in [7, 11) is -0.893. The molecule has 0 N–H and O–H groups in total. The molecule has 0 aliphatic heterocycles. The summed E-state index contributed by atoms with van der Waals surface area (Å²) in [6.45, 7) is 26.5. The van der Waals surface area contributed by atoms with Crippen LogP contribution >= 0.6 is 0 Å². The SMILES string of the molecule is COC(=O)COC(=O)[C@H](C)CC[C@@H](C[C@H](OC)/C(C)=C/CO[Si](C)(C)C(C)(C)C)O[Si](C)(C)C(C)(C)C. The Morgan fingerprint density at radius 1 is 0.892 bits per heavy atom. The molecule has 7 nitrogen and oxygen atoms in total. The minimum absolute atomic E-state index is 0.0563. The summed E-state index contributed by atoms with van der Waals surface area (Å²) in [5.41, 5.74) is 1.12. The first kappa shape index (κ1) is 36.0. The molecule has 37 heavy (non-hydrogen) atoms. The molecule has 0 aromatic carbocycles. The Hall–Kier alpha value is -1.01. The number of hydrogen-bond donors (Lipinski definition) is 0. The molecule has 0 bridgehead atoms. The molecule has 0 unspecified atom stereocenters. The van der Waals surface area contributed by atoms with E-state index in [-0.39, 0.29) is 34.8 Å². The predicted molar refractivity (Wildman–Crippen MR) is 156 cm³/mol. The number of rotatable bonds is 15. The van der Waals surface area contributed by atoms with E-state index >= 15 is 0 Å².